The minimum absolute atomic E-state index is 0.350. The summed E-state index contributed by atoms with van der Waals surface area (Å²) in [6.07, 6.45) is 4.46. The van der Waals surface area contributed by atoms with Crippen LogP contribution in [-0.2, 0) is 6.42 Å². The second-order valence-corrected chi connectivity index (χ2v) is 3.73. The van der Waals surface area contributed by atoms with Crippen molar-refractivity contribution in [3.63, 3.8) is 0 Å². The number of unbranched alkanes of at least 4 members (excludes halogenated alkanes) is 2. The van der Waals surface area contributed by atoms with Crippen LogP contribution in [0.1, 0.15) is 42.1 Å². The van der Waals surface area contributed by atoms with Gasteiger partial charge in [-0.25, -0.2) is 0 Å². The van der Waals surface area contributed by atoms with Crippen LogP contribution in [0.5, 0.6) is 0 Å². The first-order valence-electron chi connectivity index (χ1n) is 5.03. The maximum Gasteiger partial charge on any atom is 0.252 e. The maximum atomic E-state index is 11.1. The summed E-state index contributed by atoms with van der Waals surface area (Å²) in [7, 11) is 0. The minimum Gasteiger partial charge on any atom is -0.276 e. The first kappa shape index (κ1) is 11.3. The van der Waals surface area contributed by atoms with Crippen LogP contribution in [0.25, 0.3) is 0 Å². The lowest BCUT2D eigenvalue weighted by Gasteiger charge is -2.04. The second-order valence-electron chi connectivity index (χ2n) is 3.39. The van der Waals surface area contributed by atoms with E-state index in [9.17, 15) is 4.79 Å². The Balaban J connectivity index is 2.69. The number of halogens is 1. The molecule has 1 aromatic carbocycles. The average Bonchev–Trinajstić information content (AvgIpc) is 2.19. The molecule has 0 saturated carbocycles. The van der Waals surface area contributed by atoms with Gasteiger partial charge in [-0.1, -0.05) is 38.0 Å². The Hall–Kier alpha value is -0.820. The van der Waals surface area contributed by atoms with E-state index in [1.54, 1.807) is 6.07 Å². The molecule has 1 aromatic rings. The monoisotopic (exact) mass is 210 g/mol. The summed E-state index contributed by atoms with van der Waals surface area (Å²) < 4.78 is 0. The molecule has 0 aliphatic carbocycles. The van der Waals surface area contributed by atoms with Crippen LogP contribution in [-0.4, -0.2) is 5.24 Å². The SMILES string of the molecule is CCCCCc1ccccc1C(=O)Cl. The van der Waals surface area contributed by atoms with Crippen molar-refractivity contribution >= 4 is 16.8 Å². The Kier molecular flexibility index (Phi) is 4.68. The first-order chi connectivity index (χ1) is 6.75. The van der Waals surface area contributed by atoms with Crippen molar-refractivity contribution in [3.05, 3.63) is 35.4 Å². The molecule has 14 heavy (non-hydrogen) atoms. The molecule has 0 fully saturated rings. The van der Waals surface area contributed by atoms with E-state index < -0.39 is 0 Å². The Morgan fingerprint density at radius 2 is 2.00 bits per heavy atom. The fourth-order valence-electron chi connectivity index (χ4n) is 1.50. The predicted octanol–water partition coefficient (Wildman–Crippen LogP) is 3.80. The highest BCUT2D eigenvalue weighted by molar-refractivity contribution is 6.67. The van der Waals surface area contributed by atoms with Crippen LogP contribution in [0.3, 0.4) is 0 Å². The van der Waals surface area contributed by atoms with E-state index in [1.807, 2.05) is 18.2 Å². The molecule has 0 amide bonds. The van der Waals surface area contributed by atoms with Crippen LogP contribution in [0.4, 0.5) is 0 Å². The zero-order chi connectivity index (χ0) is 10.4. The zero-order valence-electron chi connectivity index (χ0n) is 8.42. The van der Waals surface area contributed by atoms with Crippen LogP contribution < -0.4 is 0 Å². The van der Waals surface area contributed by atoms with Crippen molar-refractivity contribution in [3.8, 4) is 0 Å². The molecule has 0 atom stereocenters. The summed E-state index contributed by atoms with van der Waals surface area (Å²) in [6.45, 7) is 2.17. The van der Waals surface area contributed by atoms with Gasteiger partial charge in [0.15, 0.2) is 0 Å². The molecule has 0 unspecified atom stereocenters. The average molecular weight is 211 g/mol. The Morgan fingerprint density at radius 1 is 1.29 bits per heavy atom. The third-order valence-corrected chi connectivity index (χ3v) is 2.48. The first-order valence-corrected chi connectivity index (χ1v) is 5.41. The van der Waals surface area contributed by atoms with Gasteiger partial charge in [0.1, 0.15) is 0 Å². The van der Waals surface area contributed by atoms with E-state index in [4.69, 9.17) is 11.6 Å². The summed E-state index contributed by atoms with van der Waals surface area (Å²) >= 11 is 5.48. The lowest BCUT2D eigenvalue weighted by molar-refractivity contribution is 0.108. The van der Waals surface area contributed by atoms with E-state index in [0.29, 0.717) is 5.56 Å². The molecule has 76 valence electrons. The van der Waals surface area contributed by atoms with Gasteiger partial charge in [-0.05, 0) is 36.1 Å². The fourth-order valence-corrected chi connectivity index (χ4v) is 1.68. The maximum absolute atomic E-state index is 11.1. The van der Waals surface area contributed by atoms with Gasteiger partial charge in [-0.15, -0.1) is 0 Å². The highest BCUT2D eigenvalue weighted by Gasteiger charge is 2.06. The number of hydrogen-bond donors (Lipinski definition) is 0. The number of aryl methyl sites for hydroxylation is 1. The van der Waals surface area contributed by atoms with Gasteiger partial charge >= 0.3 is 0 Å². The summed E-state index contributed by atoms with van der Waals surface area (Å²) in [4.78, 5) is 11.1. The predicted molar refractivity (Wildman–Crippen MR) is 59.9 cm³/mol. The lowest BCUT2D eigenvalue weighted by Crippen LogP contribution is -1.97. The number of hydrogen-bond acceptors (Lipinski definition) is 1. The molecule has 0 radical (unpaired) electrons. The number of rotatable bonds is 5. The summed E-state index contributed by atoms with van der Waals surface area (Å²) in [5.41, 5.74) is 1.73. The third-order valence-electron chi connectivity index (χ3n) is 2.28. The molecule has 0 aromatic heterocycles. The highest BCUT2D eigenvalue weighted by atomic mass is 35.5. The summed E-state index contributed by atoms with van der Waals surface area (Å²) in [5.74, 6) is 0. The molecule has 0 heterocycles. The molecular weight excluding hydrogens is 196 g/mol. The molecule has 0 aliphatic heterocycles. The number of benzene rings is 1. The zero-order valence-corrected chi connectivity index (χ0v) is 9.18. The second kappa shape index (κ2) is 5.82. The molecule has 1 nitrogen and oxygen atoms in total. The molecule has 0 saturated heterocycles. The van der Waals surface area contributed by atoms with Crippen molar-refractivity contribution in [2.24, 2.45) is 0 Å². The Morgan fingerprint density at radius 3 is 2.64 bits per heavy atom. The normalized spacial score (nSPS) is 10.1. The van der Waals surface area contributed by atoms with Crippen LogP contribution in [0.2, 0.25) is 0 Å². The molecule has 1 rings (SSSR count). The quantitative estimate of drug-likeness (QED) is 0.534. The third kappa shape index (κ3) is 3.15. The molecule has 0 N–H and O–H groups in total. The van der Waals surface area contributed by atoms with Crippen LogP contribution in [0.15, 0.2) is 24.3 Å². The van der Waals surface area contributed by atoms with Gasteiger partial charge < -0.3 is 0 Å². The summed E-state index contributed by atoms with van der Waals surface area (Å²) in [5, 5.41) is -0.350. The van der Waals surface area contributed by atoms with Gasteiger partial charge in [0.25, 0.3) is 5.24 Å². The van der Waals surface area contributed by atoms with Crippen LogP contribution >= 0.6 is 11.6 Å². The van der Waals surface area contributed by atoms with Gasteiger partial charge in [0.05, 0.1) is 0 Å². The van der Waals surface area contributed by atoms with Crippen molar-refractivity contribution in [1.29, 1.82) is 0 Å². The van der Waals surface area contributed by atoms with E-state index in [1.165, 1.54) is 12.8 Å². The molecular formula is C12H15ClO. The van der Waals surface area contributed by atoms with E-state index in [-0.39, 0.29) is 5.24 Å². The van der Waals surface area contributed by atoms with Crippen molar-refractivity contribution in [2.45, 2.75) is 32.6 Å². The standard InChI is InChI=1S/C12H15ClO/c1-2-3-4-7-10-8-5-6-9-11(10)12(13)14/h5-6,8-9H,2-4,7H2,1H3. The Bertz CT molecular complexity index is 307. The van der Waals surface area contributed by atoms with Gasteiger partial charge in [-0.3, -0.25) is 4.79 Å². The molecule has 2 heteroatoms. The van der Waals surface area contributed by atoms with Gasteiger partial charge in [0, 0.05) is 5.56 Å². The van der Waals surface area contributed by atoms with Crippen molar-refractivity contribution < 1.29 is 4.79 Å². The summed E-state index contributed by atoms with van der Waals surface area (Å²) in [6, 6.07) is 7.56. The van der Waals surface area contributed by atoms with Crippen LogP contribution in [0, 0.1) is 0 Å². The molecule has 0 spiro atoms. The van der Waals surface area contributed by atoms with E-state index in [2.05, 4.69) is 6.92 Å². The topological polar surface area (TPSA) is 17.1 Å². The lowest BCUT2D eigenvalue weighted by atomic mass is 10.0. The Labute approximate surface area is 90.1 Å². The van der Waals surface area contributed by atoms with E-state index in [0.717, 1.165) is 18.4 Å². The van der Waals surface area contributed by atoms with E-state index >= 15 is 0 Å². The fraction of sp³-hybridized carbons (Fsp3) is 0.417. The minimum atomic E-state index is -0.350. The molecule has 0 bridgehead atoms. The van der Waals surface area contributed by atoms with Gasteiger partial charge in [-0.2, -0.15) is 0 Å². The number of carbonyl (C=O) groups excluding carboxylic acids is 1. The highest BCUT2D eigenvalue weighted by Crippen LogP contribution is 2.14. The van der Waals surface area contributed by atoms with Gasteiger partial charge in [0.2, 0.25) is 0 Å². The van der Waals surface area contributed by atoms with Crippen molar-refractivity contribution in [1.82, 2.24) is 0 Å². The smallest absolute Gasteiger partial charge is 0.252 e. The van der Waals surface area contributed by atoms with Crippen molar-refractivity contribution in [2.75, 3.05) is 0 Å². The molecule has 0 aliphatic rings. The number of carbonyl (C=O) groups is 1. The largest absolute Gasteiger partial charge is 0.276 e.